The molecule has 196 valence electrons. The second-order valence-electron chi connectivity index (χ2n) is 8.13. The number of sulfonamides is 1. The maximum absolute atomic E-state index is 14.2. The Morgan fingerprint density at radius 3 is 2.21 bits per heavy atom. The molecule has 6 nitrogen and oxygen atoms in total. The maximum atomic E-state index is 14.2. The van der Waals surface area contributed by atoms with E-state index in [-0.39, 0.29) is 26.7 Å². The summed E-state index contributed by atoms with van der Waals surface area (Å²) in [6.07, 6.45) is 0. The number of benzene rings is 4. The van der Waals surface area contributed by atoms with Crippen LogP contribution in [-0.4, -0.2) is 14.3 Å². The molecule has 4 aromatic carbocycles. The number of amides is 1. The van der Waals surface area contributed by atoms with Crippen LogP contribution in [0.2, 0.25) is 10.0 Å². The third-order valence-electron chi connectivity index (χ3n) is 5.45. The zero-order valence-corrected chi connectivity index (χ0v) is 22.0. The molecule has 0 bridgehead atoms. The average molecular weight is 577 g/mol. The lowest BCUT2D eigenvalue weighted by molar-refractivity contribution is 0.0939. The second kappa shape index (κ2) is 11.4. The fourth-order valence-corrected chi connectivity index (χ4v) is 5.04. The zero-order chi connectivity index (χ0) is 27.4. The average Bonchev–Trinajstić information content (AvgIpc) is 2.86. The van der Waals surface area contributed by atoms with E-state index >= 15 is 0 Å². The van der Waals surface area contributed by atoms with Crippen LogP contribution in [0.25, 0.3) is 0 Å². The minimum atomic E-state index is -4.15. The summed E-state index contributed by atoms with van der Waals surface area (Å²) in [7, 11) is -4.15. The van der Waals surface area contributed by atoms with E-state index in [9.17, 15) is 22.0 Å². The summed E-state index contributed by atoms with van der Waals surface area (Å²) in [5.74, 6) is -1.68. The van der Waals surface area contributed by atoms with Crippen LogP contribution in [0.15, 0.2) is 89.8 Å². The van der Waals surface area contributed by atoms with Crippen molar-refractivity contribution in [3.05, 3.63) is 118 Å². The van der Waals surface area contributed by atoms with Gasteiger partial charge in [-0.1, -0.05) is 41.4 Å². The van der Waals surface area contributed by atoms with Crippen molar-refractivity contribution >= 4 is 44.8 Å². The summed E-state index contributed by atoms with van der Waals surface area (Å²) in [5.41, 5.74) is -0.544. The fourth-order valence-electron chi connectivity index (χ4n) is 3.61. The van der Waals surface area contributed by atoms with E-state index in [4.69, 9.17) is 27.9 Å². The SMILES string of the molecule is C[C@H](NC(=O)c1cc(Cl)ccc1NS(=O)(=O)c1ccc(Oc2ccccc2Cl)cc1)c1c(F)cccc1F. The monoisotopic (exact) mass is 576 g/mol. The molecule has 0 spiro atoms. The van der Waals surface area contributed by atoms with E-state index in [1.54, 1.807) is 24.3 Å². The molecule has 2 N–H and O–H groups in total. The van der Waals surface area contributed by atoms with Gasteiger partial charge in [-0.2, -0.15) is 0 Å². The molecule has 0 saturated heterocycles. The van der Waals surface area contributed by atoms with Crippen molar-refractivity contribution in [2.45, 2.75) is 17.9 Å². The van der Waals surface area contributed by atoms with E-state index in [2.05, 4.69) is 10.0 Å². The van der Waals surface area contributed by atoms with E-state index in [0.717, 1.165) is 12.1 Å². The minimum Gasteiger partial charge on any atom is -0.456 e. The predicted octanol–water partition coefficient (Wildman–Crippen LogP) is 7.36. The number of halogens is 4. The molecule has 4 rings (SSSR count). The summed E-state index contributed by atoms with van der Waals surface area (Å²) >= 11 is 12.1. The Morgan fingerprint density at radius 1 is 0.895 bits per heavy atom. The summed E-state index contributed by atoms with van der Waals surface area (Å²) in [4.78, 5) is 12.9. The molecule has 0 fully saturated rings. The van der Waals surface area contributed by atoms with Crippen LogP contribution >= 0.6 is 23.2 Å². The standard InChI is InChI=1S/C27H20Cl2F2N2O4S/c1-16(26-22(30)6-4-7-23(26)31)32-27(34)20-15-17(28)9-14-24(20)33-38(35,36)19-12-10-18(11-13-19)37-25-8-3-2-5-21(25)29/h2-16,33H,1H3,(H,32,34)/t16-/m0/s1. The number of para-hydroxylation sites is 1. The third-order valence-corrected chi connectivity index (χ3v) is 7.38. The third kappa shape index (κ3) is 6.24. The number of hydrogen-bond acceptors (Lipinski definition) is 4. The number of hydrogen-bond donors (Lipinski definition) is 2. The predicted molar refractivity (Wildman–Crippen MR) is 142 cm³/mol. The van der Waals surface area contributed by atoms with Crippen LogP contribution in [0.3, 0.4) is 0 Å². The smallest absolute Gasteiger partial charge is 0.261 e. The van der Waals surface area contributed by atoms with Crippen molar-refractivity contribution in [2.24, 2.45) is 0 Å². The lowest BCUT2D eigenvalue weighted by Crippen LogP contribution is -2.29. The quantitative estimate of drug-likeness (QED) is 0.229. The first-order chi connectivity index (χ1) is 18.0. The van der Waals surface area contributed by atoms with Crippen LogP contribution in [0.4, 0.5) is 14.5 Å². The molecule has 0 heterocycles. The second-order valence-corrected chi connectivity index (χ2v) is 10.7. The van der Waals surface area contributed by atoms with Gasteiger partial charge in [-0.3, -0.25) is 9.52 Å². The number of nitrogens with one attached hydrogen (secondary N) is 2. The molecule has 38 heavy (non-hydrogen) atoms. The molecule has 1 amide bonds. The summed E-state index contributed by atoms with van der Waals surface area (Å²) < 4.78 is 62.5. The van der Waals surface area contributed by atoms with Gasteiger partial charge in [-0.05, 0) is 73.7 Å². The normalized spacial score (nSPS) is 12.0. The highest BCUT2D eigenvalue weighted by atomic mass is 35.5. The van der Waals surface area contributed by atoms with Crippen molar-refractivity contribution in [3.63, 3.8) is 0 Å². The first kappa shape index (κ1) is 27.4. The Bertz CT molecular complexity index is 1580. The van der Waals surface area contributed by atoms with Gasteiger partial charge in [0, 0.05) is 10.6 Å². The molecule has 4 aromatic rings. The Kier molecular flexibility index (Phi) is 8.20. The van der Waals surface area contributed by atoms with Crippen molar-refractivity contribution in [3.8, 4) is 11.5 Å². The lowest BCUT2D eigenvalue weighted by Gasteiger charge is -2.18. The number of ether oxygens (including phenoxy) is 1. The Balaban J connectivity index is 1.55. The maximum Gasteiger partial charge on any atom is 0.261 e. The number of carbonyl (C=O) groups is 1. The van der Waals surface area contributed by atoms with Crippen LogP contribution in [0.1, 0.15) is 28.9 Å². The molecular weight excluding hydrogens is 557 g/mol. The van der Waals surface area contributed by atoms with Crippen molar-refractivity contribution in [2.75, 3.05) is 4.72 Å². The number of rotatable bonds is 8. The number of anilines is 1. The summed E-state index contributed by atoms with van der Waals surface area (Å²) in [6.45, 7) is 1.40. The molecule has 0 aliphatic heterocycles. The van der Waals surface area contributed by atoms with E-state index in [0.29, 0.717) is 16.5 Å². The van der Waals surface area contributed by atoms with Crippen LogP contribution in [0.5, 0.6) is 11.5 Å². The molecule has 0 saturated carbocycles. The minimum absolute atomic E-state index is 0.0792. The molecule has 0 aromatic heterocycles. The zero-order valence-electron chi connectivity index (χ0n) is 19.7. The summed E-state index contributed by atoms with van der Waals surface area (Å²) in [6, 6.07) is 18.7. The number of carbonyl (C=O) groups excluding carboxylic acids is 1. The van der Waals surface area contributed by atoms with Crippen molar-refractivity contribution in [1.82, 2.24) is 5.32 Å². The van der Waals surface area contributed by atoms with Crippen LogP contribution in [0, 0.1) is 11.6 Å². The van der Waals surface area contributed by atoms with Gasteiger partial charge in [-0.25, -0.2) is 17.2 Å². The van der Waals surface area contributed by atoms with Gasteiger partial charge in [-0.15, -0.1) is 0 Å². The van der Waals surface area contributed by atoms with Gasteiger partial charge in [0.2, 0.25) is 0 Å². The first-order valence-electron chi connectivity index (χ1n) is 11.1. The van der Waals surface area contributed by atoms with Crippen LogP contribution in [-0.2, 0) is 10.0 Å². The lowest BCUT2D eigenvalue weighted by atomic mass is 10.1. The molecular formula is C27H20Cl2F2N2O4S. The topological polar surface area (TPSA) is 84.5 Å². The van der Waals surface area contributed by atoms with Gasteiger partial charge >= 0.3 is 0 Å². The summed E-state index contributed by atoms with van der Waals surface area (Å²) in [5, 5.41) is 3.03. The molecule has 0 unspecified atom stereocenters. The van der Waals surface area contributed by atoms with Crippen LogP contribution < -0.4 is 14.8 Å². The van der Waals surface area contributed by atoms with Crippen molar-refractivity contribution in [1.29, 1.82) is 0 Å². The van der Waals surface area contributed by atoms with E-state index < -0.39 is 33.6 Å². The highest BCUT2D eigenvalue weighted by molar-refractivity contribution is 7.92. The van der Waals surface area contributed by atoms with Gasteiger partial charge in [0.25, 0.3) is 15.9 Å². The Labute approximate surface area is 228 Å². The van der Waals surface area contributed by atoms with E-state index in [1.807, 2.05) is 0 Å². The first-order valence-corrected chi connectivity index (χ1v) is 13.4. The highest BCUT2D eigenvalue weighted by Gasteiger charge is 2.23. The van der Waals surface area contributed by atoms with Crippen molar-refractivity contribution < 1.29 is 26.7 Å². The van der Waals surface area contributed by atoms with E-state index in [1.165, 1.54) is 55.5 Å². The molecule has 0 aliphatic carbocycles. The van der Waals surface area contributed by atoms with Gasteiger partial charge in [0.1, 0.15) is 23.1 Å². The van der Waals surface area contributed by atoms with Gasteiger partial charge in [0.05, 0.1) is 27.2 Å². The highest BCUT2D eigenvalue weighted by Crippen LogP contribution is 2.30. The Hall–Kier alpha value is -3.66. The molecule has 0 radical (unpaired) electrons. The fraction of sp³-hybridized carbons (Fsp3) is 0.0741. The molecule has 11 heteroatoms. The molecule has 1 atom stereocenters. The largest absolute Gasteiger partial charge is 0.456 e. The van der Waals surface area contributed by atoms with Gasteiger partial charge in [0.15, 0.2) is 0 Å². The molecule has 0 aliphatic rings. The Morgan fingerprint density at radius 2 is 1.55 bits per heavy atom. The van der Waals surface area contributed by atoms with Gasteiger partial charge < -0.3 is 10.1 Å².